The van der Waals surface area contributed by atoms with Crippen LogP contribution in [0.15, 0.2) is 77.4 Å². The predicted octanol–water partition coefficient (Wildman–Crippen LogP) is 4.20. The van der Waals surface area contributed by atoms with Gasteiger partial charge in [0.25, 0.3) is 0 Å². The van der Waals surface area contributed by atoms with Crippen LogP contribution < -0.4 is 5.32 Å². The molecule has 24 heavy (non-hydrogen) atoms. The van der Waals surface area contributed by atoms with E-state index in [4.69, 9.17) is 4.42 Å². The minimum atomic E-state index is 0.799. The zero-order valence-electron chi connectivity index (χ0n) is 14.1. The molecule has 3 aromatic rings. The molecule has 0 radical (unpaired) electrons. The lowest BCUT2D eigenvalue weighted by Crippen LogP contribution is -2.23. The van der Waals surface area contributed by atoms with Gasteiger partial charge in [0, 0.05) is 25.2 Å². The van der Waals surface area contributed by atoms with Gasteiger partial charge in [-0.25, -0.2) is 0 Å². The number of hydrogen-bond acceptors (Lipinski definition) is 3. The normalized spacial score (nSPS) is 11.1. The average molecular weight is 320 g/mol. The van der Waals surface area contributed by atoms with Crippen molar-refractivity contribution in [2.24, 2.45) is 0 Å². The summed E-state index contributed by atoms with van der Waals surface area (Å²) in [6.07, 6.45) is 1.78. The molecule has 2 aromatic carbocycles. The molecule has 1 aromatic heterocycles. The molecule has 0 fully saturated rings. The predicted molar refractivity (Wildman–Crippen MR) is 97.3 cm³/mol. The number of furan rings is 1. The SMILES string of the molecule is CNCc1ccoc1CN(Cc1ccccc1)Cc1ccccc1. The third-order valence-corrected chi connectivity index (χ3v) is 4.07. The highest BCUT2D eigenvalue weighted by atomic mass is 16.3. The fourth-order valence-corrected chi connectivity index (χ4v) is 2.91. The van der Waals surface area contributed by atoms with Crippen LogP contribution in [-0.2, 0) is 26.2 Å². The van der Waals surface area contributed by atoms with E-state index in [0.29, 0.717) is 0 Å². The molecule has 0 bridgehead atoms. The highest BCUT2D eigenvalue weighted by molar-refractivity contribution is 5.20. The molecule has 0 unspecified atom stereocenters. The Kier molecular flexibility index (Phi) is 5.83. The van der Waals surface area contributed by atoms with E-state index >= 15 is 0 Å². The third kappa shape index (κ3) is 4.57. The van der Waals surface area contributed by atoms with Crippen LogP contribution >= 0.6 is 0 Å². The Balaban J connectivity index is 1.77. The van der Waals surface area contributed by atoms with Crippen LogP contribution in [0.25, 0.3) is 0 Å². The van der Waals surface area contributed by atoms with E-state index in [0.717, 1.165) is 31.9 Å². The van der Waals surface area contributed by atoms with Crippen molar-refractivity contribution >= 4 is 0 Å². The minimum Gasteiger partial charge on any atom is -0.468 e. The van der Waals surface area contributed by atoms with Crippen LogP contribution in [0.5, 0.6) is 0 Å². The first kappa shape index (κ1) is 16.5. The van der Waals surface area contributed by atoms with Gasteiger partial charge in [0.15, 0.2) is 0 Å². The highest BCUT2D eigenvalue weighted by Gasteiger charge is 2.13. The molecular weight excluding hydrogens is 296 g/mol. The number of rotatable bonds is 8. The fourth-order valence-electron chi connectivity index (χ4n) is 2.91. The highest BCUT2D eigenvalue weighted by Crippen LogP contribution is 2.17. The van der Waals surface area contributed by atoms with E-state index in [1.165, 1.54) is 16.7 Å². The number of hydrogen-bond donors (Lipinski definition) is 1. The fraction of sp³-hybridized carbons (Fsp3) is 0.238. The van der Waals surface area contributed by atoms with Crippen molar-refractivity contribution in [3.8, 4) is 0 Å². The van der Waals surface area contributed by atoms with Gasteiger partial charge in [-0.15, -0.1) is 0 Å². The van der Waals surface area contributed by atoms with Gasteiger partial charge < -0.3 is 9.73 Å². The third-order valence-electron chi connectivity index (χ3n) is 4.07. The van der Waals surface area contributed by atoms with Crippen LogP contribution in [0, 0.1) is 0 Å². The van der Waals surface area contributed by atoms with E-state index in [9.17, 15) is 0 Å². The van der Waals surface area contributed by atoms with Crippen molar-refractivity contribution in [1.29, 1.82) is 0 Å². The summed E-state index contributed by atoms with van der Waals surface area (Å²) in [5.41, 5.74) is 3.86. The van der Waals surface area contributed by atoms with Gasteiger partial charge >= 0.3 is 0 Å². The topological polar surface area (TPSA) is 28.4 Å². The molecule has 0 aliphatic carbocycles. The van der Waals surface area contributed by atoms with E-state index in [-0.39, 0.29) is 0 Å². The molecule has 1 N–H and O–H groups in total. The smallest absolute Gasteiger partial charge is 0.122 e. The van der Waals surface area contributed by atoms with E-state index in [2.05, 4.69) is 76.9 Å². The maximum atomic E-state index is 5.74. The second-order valence-electron chi connectivity index (χ2n) is 6.02. The van der Waals surface area contributed by atoms with Gasteiger partial charge in [-0.1, -0.05) is 60.7 Å². The Morgan fingerprint density at radius 3 is 1.92 bits per heavy atom. The second kappa shape index (κ2) is 8.48. The molecular formula is C21H24N2O. The molecule has 0 aliphatic heterocycles. The lowest BCUT2D eigenvalue weighted by molar-refractivity contribution is 0.225. The quantitative estimate of drug-likeness (QED) is 0.674. The van der Waals surface area contributed by atoms with Crippen LogP contribution in [0.2, 0.25) is 0 Å². The number of nitrogens with one attached hydrogen (secondary N) is 1. The lowest BCUT2D eigenvalue weighted by atomic mass is 10.1. The first-order chi connectivity index (χ1) is 11.8. The molecule has 0 amide bonds. The molecule has 0 saturated heterocycles. The standard InChI is InChI=1S/C21H24N2O/c1-22-14-20-12-13-24-21(20)17-23(15-18-8-4-2-5-9-18)16-19-10-6-3-7-11-19/h2-13,22H,14-17H2,1H3. The molecule has 0 aliphatic rings. The Bertz CT molecular complexity index is 680. The summed E-state index contributed by atoms with van der Waals surface area (Å²) in [6, 6.07) is 23.2. The largest absolute Gasteiger partial charge is 0.468 e. The monoisotopic (exact) mass is 320 g/mol. The van der Waals surface area contributed by atoms with Crippen molar-refractivity contribution in [2.45, 2.75) is 26.2 Å². The Labute approximate surface area is 143 Å². The Hall–Kier alpha value is -2.36. The molecule has 0 atom stereocenters. The van der Waals surface area contributed by atoms with Gasteiger partial charge in [-0.05, 0) is 24.2 Å². The summed E-state index contributed by atoms with van der Waals surface area (Å²) in [5, 5.41) is 3.20. The molecule has 3 heteroatoms. The van der Waals surface area contributed by atoms with Crippen molar-refractivity contribution in [2.75, 3.05) is 7.05 Å². The first-order valence-electron chi connectivity index (χ1n) is 8.35. The van der Waals surface area contributed by atoms with Crippen LogP contribution in [0.3, 0.4) is 0 Å². The molecule has 0 spiro atoms. The van der Waals surface area contributed by atoms with Crippen LogP contribution in [0.1, 0.15) is 22.5 Å². The van der Waals surface area contributed by atoms with Crippen molar-refractivity contribution < 1.29 is 4.42 Å². The summed E-state index contributed by atoms with van der Waals surface area (Å²) >= 11 is 0. The van der Waals surface area contributed by atoms with E-state index in [1.54, 1.807) is 6.26 Å². The van der Waals surface area contributed by atoms with Gasteiger partial charge in [-0.2, -0.15) is 0 Å². The summed E-state index contributed by atoms with van der Waals surface area (Å²) in [4.78, 5) is 2.42. The second-order valence-corrected chi connectivity index (χ2v) is 6.02. The molecule has 1 heterocycles. The number of benzene rings is 2. The Morgan fingerprint density at radius 1 is 0.792 bits per heavy atom. The zero-order valence-corrected chi connectivity index (χ0v) is 14.1. The molecule has 3 rings (SSSR count). The molecule has 124 valence electrons. The summed E-state index contributed by atoms with van der Waals surface area (Å²) < 4.78 is 5.74. The van der Waals surface area contributed by atoms with Crippen molar-refractivity contribution in [1.82, 2.24) is 10.2 Å². The van der Waals surface area contributed by atoms with Crippen molar-refractivity contribution in [3.05, 3.63) is 95.4 Å². The van der Waals surface area contributed by atoms with E-state index < -0.39 is 0 Å². The van der Waals surface area contributed by atoms with Gasteiger partial charge in [-0.3, -0.25) is 4.90 Å². The van der Waals surface area contributed by atoms with Crippen LogP contribution in [-0.4, -0.2) is 11.9 Å². The first-order valence-corrected chi connectivity index (χ1v) is 8.35. The minimum absolute atomic E-state index is 0.799. The Morgan fingerprint density at radius 2 is 1.38 bits per heavy atom. The molecule has 0 saturated carbocycles. The summed E-state index contributed by atoms with van der Waals surface area (Å²) in [5.74, 6) is 1.04. The summed E-state index contributed by atoms with van der Waals surface area (Å²) in [6.45, 7) is 3.43. The summed E-state index contributed by atoms with van der Waals surface area (Å²) in [7, 11) is 1.96. The van der Waals surface area contributed by atoms with E-state index in [1.807, 2.05) is 7.05 Å². The van der Waals surface area contributed by atoms with Gasteiger partial charge in [0.05, 0.1) is 12.8 Å². The average Bonchev–Trinajstić information content (AvgIpc) is 3.04. The molecule has 3 nitrogen and oxygen atoms in total. The maximum Gasteiger partial charge on any atom is 0.122 e. The lowest BCUT2D eigenvalue weighted by Gasteiger charge is -2.22. The van der Waals surface area contributed by atoms with Crippen molar-refractivity contribution in [3.63, 3.8) is 0 Å². The van der Waals surface area contributed by atoms with Crippen LogP contribution in [0.4, 0.5) is 0 Å². The van der Waals surface area contributed by atoms with Gasteiger partial charge in [0.2, 0.25) is 0 Å². The maximum absolute atomic E-state index is 5.74. The zero-order chi connectivity index (χ0) is 16.6. The number of nitrogens with zero attached hydrogens (tertiary/aromatic N) is 1. The van der Waals surface area contributed by atoms with Gasteiger partial charge in [0.1, 0.15) is 5.76 Å².